The second-order valence-electron chi connectivity index (χ2n) is 6.71. The minimum atomic E-state index is -1.00. The van der Waals surface area contributed by atoms with Crippen LogP contribution >= 0.6 is 0 Å². The van der Waals surface area contributed by atoms with E-state index in [1.807, 2.05) is 0 Å². The Hall–Kier alpha value is -1.87. The van der Waals surface area contributed by atoms with Gasteiger partial charge >= 0.3 is 5.97 Å². The summed E-state index contributed by atoms with van der Waals surface area (Å²) in [5, 5.41) is 29.7. The fourth-order valence-corrected chi connectivity index (χ4v) is 2.27. The van der Waals surface area contributed by atoms with Crippen LogP contribution in [0.1, 0.15) is 58.8 Å². The van der Waals surface area contributed by atoms with E-state index >= 15 is 0 Å². The van der Waals surface area contributed by atoms with Crippen LogP contribution in [0.3, 0.4) is 0 Å². The number of ether oxygens (including phenoxy) is 1. The highest BCUT2D eigenvalue weighted by molar-refractivity contribution is 5.68. The number of carbonyl (C=O) groups excluding carboxylic acids is 1. The van der Waals surface area contributed by atoms with Crippen LogP contribution in [0.2, 0.25) is 0 Å². The molecule has 5 nitrogen and oxygen atoms in total. The Labute approximate surface area is 163 Å². The molecule has 0 spiro atoms. The summed E-state index contributed by atoms with van der Waals surface area (Å²) in [6.45, 7) is 3.90. The third-order valence-electron chi connectivity index (χ3n) is 4.00. The number of aliphatic hydroxyl groups excluding tert-OH is 2. The van der Waals surface area contributed by atoms with Gasteiger partial charge in [-0.15, -0.1) is 0 Å². The molecule has 0 bridgehead atoms. The summed E-state index contributed by atoms with van der Waals surface area (Å²) in [7, 11) is 1.32. The Bertz CT molecular complexity index is 549. The lowest BCUT2D eigenvalue weighted by atomic mass is 9.98. The lowest BCUT2D eigenvalue weighted by molar-refractivity contribution is -0.140. The topological polar surface area (TPSA) is 87.0 Å². The van der Waals surface area contributed by atoms with Crippen LogP contribution in [-0.4, -0.2) is 46.2 Å². The van der Waals surface area contributed by atoms with Crippen molar-refractivity contribution in [3.8, 4) is 11.8 Å². The van der Waals surface area contributed by atoms with Crippen LogP contribution in [0.15, 0.2) is 36.5 Å². The van der Waals surface area contributed by atoms with Crippen LogP contribution < -0.4 is 0 Å². The standard InChI is InChI=1S/C22H34O5/c1-4-5-11-17-22(2,26)18-12-9-7-6-8-10-14-19(23)20(24)15-13-16-21(25)27-3/h6,8,10,12,14,18-20,23-24,26H,4-5,11,13,15-17H2,1-3H3/b8-6+,14-10+,18-12+/t19-,20+,22?/m1/s1. The molecule has 0 amide bonds. The van der Waals surface area contributed by atoms with Gasteiger partial charge in [0.2, 0.25) is 0 Å². The Morgan fingerprint density at radius 3 is 2.52 bits per heavy atom. The summed E-state index contributed by atoms with van der Waals surface area (Å²) in [6, 6.07) is 0. The van der Waals surface area contributed by atoms with Crippen molar-refractivity contribution in [2.24, 2.45) is 0 Å². The molecular formula is C22H34O5. The highest BCUT2D eigenvalue weighted by Gasteiger charge is 2.14. The van der Waals surface area contributed by atoms with Gasteiger partial charge in [0.15, 0.2) is 0 Å². The Kier molecular flexibility index (Phi) is 14.2. The first kappa shape index (κ1) is 25.1. The van der Waals surface area contributed by atoms with Gasteiger partial charge in [0.25, 0.3) is 0 Å². The van der Waals surface area contributed by atoms with Gasteiger partial charge in [-0.1, -0.05) is 56.3 Å². The monoisotopic (exact) mass is 378 g/mol. The van der Waals surface area contributed by atoms with E-state index < -0.39 is 17.8 Å². The van der Waals surface area contributed by atoms with Gasteiger partial charge in [-0.2, -0.15) is 0 Å². The molecule has 0 rings (SSSR count). The first-order chi connectivity index (χ1) is 12.8. The highest BCUT2D eigenvalue weighted by Crippen LogP contribution is 2.15. The van der Waals surface area contributed by atoms with Crippen molar-refractivity contribution < 1.29 is 24.9 Å². The molecule has 3 N–H and O–H groups in total. The van der Waals surface area contributed by atoms with E-state index in [0.29, 0.717) is 12.8 Å². The van der Waals surface area contributed by atoms with Gasteiger partial charge in [-0.25, -0.2) is 0 Å². The minimum Gasteiger partial charge on any atom is -0.469 e. The molecule has 0 saturated carbocycles. The summed E-state index contributed by atoms with van der Waals surface area (Å²) in [4.78, 5) is 11.0. The quantitative estimate of drug-likeness (QED) is 0.210. The molecule has 27 heavy (non-hydrogen) atoms. The molecule has 0 saturated heterocycles. The molecule has 0 aliphatic rings. The van der Waals surface area contributed by atoms with Crippen molar-refractivity contribution in [2.45, 2.75) is 76.6 Å². The number of unbranched alkanes of at least 4 members (excludes halogenated alkanes) is 2. The molecule has 0 radical (unpaired) electrons. The number of carbonyl (C=O) groups is 1. The summed E-state index contributed by atoms with van der Waals surface area (Å²) >= 11 is 0. The number of hydrogen-bond acceptors (Lipinski definition) is 5. The lowest BCUT2D eigenvalue weighted by Crippen LogP contribution is -2.23. The number of methoxy groups -OCH3 is 1. The molecule has 3 atom stereocenters. The van der Waals surface area contributed by atoms with Gasteiger partial charge in [0.05, 0.1) is 24.9 Å². The average molecular weight is 379 g/mol. The lowest BCUT2D eigenvalue weighted by Gasteiger charge is -2.17. The minimum absolute atomic E-state index is 0.221. The van der Waals surface area contributed by atoms with E-state index in [0.717, 1.165) is 25.7 Å². The van der Waals surface area contributed by atoms with Crippen molar-refractivity contribution in [3.05, 3.63) is 36.5 Å². The summed E-state index contributed by atoms with van der Waals surface area (Å²) in [5.74, 6) is 5.30. The second-order valence-corrected chi connectivity index (χ2v) is 6.71. The van der Waals surface area contributed by atoms with E-state index in [9.17, 15) is 20.1 Å². The van der Waals surface area contributed by atoms with Gasteiger partial charge in [-0.05, 0) is 44.4 Å². The number of hydrogen-bond donors (Lipinski definition) is 3. The van der Waals surface area contributed by atoms with Crippen LogP contribution in [0.4, 0.5) is 0 Å². The summed E-state index contributed by atoms with van der Waals surface area (Å²) in [5.41, 5.74) is -0.832. The largest absolute Gasteiger partial charge is 0.469 e. The summed E-state index contributed by atoms with van der Waals surface area (Å²) in [6.07, 6.45) is 12.7. The van der Waals surface area contributed by atoms with Gasteiger partial charge < -0.3 is 20.1 Å². The fourth-order valence-electron chi connectivity index (χ4n) is 2.27. The molecule has 0 aromatic carbocycles. The van der Waals surface area contributed by atoms with Crippen molar-refractivity contribution in [1.82, 2.24) is 0 Å². The predicted molar refractivity (Wildman–Crippen MR) is 108 cm³/mol. The first-order valence-corrected chi connectivity index (χ1v) is 9.49. The van der Waals surface area contributed by atoms with Crippen molar-refractivity contribution in [3.63, 3.8) is 0 Å². The van der Waals surface area contributed by atoms with Crippen LogP contribution in [0.5, 0.6) is 0 Å². The average Bonchev–Trinajstić information content (AvgIpc) is 2.63. The summed E-state index contributed by atoms with van der Waals surface area (Å²) < 4.78 is 4.51. The fraction of sp³-hybridized carbons (Fsp3) is 0.591. The van der Waals surface area contributed by atoms with Gasteiger partial charge in [0, 0.05) is 6.42 Å². The normalized spacial score (nSPS) is 16.2. The maximum absolute atomic E-state index is 11.0. The Morgan fingerprint density at radius 1 is 1.15 bits per heavy atom. The third kappa shape index (κ3) is 14.9. The van der Waals surface area contributed by atoms with Crippen LogP contribution in [-0.2, 0) is 9.53 Å². The molecule has 0 aliphatic heterocycles. The van der Waals surface area contributed by atoms with E-state index in [2.05, 4.69) is 23.5 Å². The molecule has 0 aromatic rings. The van der Waals surface area contributed by atoms with Crippen LogP contribution in [0.25, 0.3) is 0 Å². The number of aliphatic hydroxyl groups is 3. The van der Waals surface area contributed by atoms with E-state index in [1.165, 1.54) is 13.2 Å². The van der Waals surface area contributed by atoms with E-state index in [4.69, 9.17) is 0 Å². The molecule has 0 aromatic heterocycles. The number of esters is 1. The first-order valence-electron chi connectivity index (χ1n) is 9.49. The molecule has 152 valence electrons. The molecule has 0 fully saturated rings. The number of rotatable bonds is 12. The maximum Gasteiger partial charge on any atom is 0.305 e. The number of allylic oxidation sites excluding steroid dienone is 4. The van der Waals surface area contributed by atoms with Gasteiger partial charge in [0.1, 0.15) is 0 Å². The SMILES string of the molecule is CCCCCC(C)(O)/C=C/C#C/C=C/C=C/[C@@H](O)[C@@H](O)CCCC(=O)OC. The second kappa shape index (κ2) is 15.2. The predicted octanol–water partition coefficient (Wildman–Crippen LogP) is 3.05. The molecule has 0 heterocycles. The Balaban J connectivity index is 4.18. The zero-order valence-corrected chi connectivity index (χ0v) is 16.7. The van der Waals surface area contributed by atoms with Gasteiger partial charge in [-0.3, -0.25) is 4.79 Å². The van der Waals surface area contributed by atoms with E-state index in [-0.39, 0.29) is 12.4 Å². The molecular weight excluding hydrogens is 344 g/mol. The van der Waals surface area contributed by atoms with E-state index in [1.54, 1.807) is 37.3 Å². The maximum atomic E-state index is 11.0. The molecule has 1 unspecified atom stereocenters. The smallest absolute Gasteiger partial charge is 0.305 e. The Morgan fingerprint density at radius 2 is 1.85 bits per heavy atom. The zero-order valence-electron chi connectivity index (χ0n) is 16.7. The zero-order chi connectivity index (χ0) is 20.5. The van der Waals surface area contributed by atoms with Crippen LogP contribution in [0, 0.1) is 11.8 Å². The molecule has 0 aliphatic carbocycles. The van der Waals surface area contributed by atoms with Crippen molar-refractivity contribution in [2.75, 3.05) is 7.11 Å². The third-order valence-corrected chi connectivity index (χ3v) is 4.00. The van der Waals surface area contributed by atoms with Crippen molar-refractivity contribution >= 4 is 5.97 Å². The molecule has 5 heteroatoms. The highest BCUT2D eigenvalue weighted by atomic mass is 16.5. The van der Waals surface area contributed by atoms with Crippen molar-refractivity contribution in [1.29, 1.82) is 0 Å².